The van der Waals surface area contributed by atoms with E-state index in [2.05, 4.69) is 17.9 Å². The first-order valence-corrected chi connectivity index (χ1v) is 6.72. The molecule has 0 rings (SSSR count). The lowest BCUT2D eigenvalue weighted by molar-refractivity contribution is -0.140. The number of nitrogens with two attached hydrogens (primary N) is 1. The van der Waals surface area contributed by atoms with E-state index in [0.717, 1.165) is 0 Å². The highest BCUT2D eigenvalue weighted by Crippen LogP contribution is 2.01. The molecule has 11 heteroatoms. The van der Waals surface area contributed by atoms with Crippen LogP contribution in [-0.2, 0) is 14.4 Å². The van der Waals surface area contributed by atoms with Crippen molar-refractivity contribution in [2.24, 2.45) is 5.73 Å². The minimum Gasteiger partial charge on any atom is -0.480 e. The van der Waals surface area contributed by atoms with Gasteiger partial charge in [0.25, 0.3) is 0 Å². The highest BCUT2D eigenvalue weighted by molar-refractivity contribution is 7.80. The van der Waals surface area contributed by atoms with Crippen LogP contribution in [0.5, 0.6) is 0 Å². The fourth-order valence-electron chi connectivity index (χ4n) is 1.07. The van der Waals surface area contributed by atoms with Crippen LogP contribution in [0.15, 0.2) is 0 Å². The topological polar surface area (TPSA) is 190 Å². The summed E-state index contributed by atoms with van der Waals surface area (Å²) in [7, 11) is 0. The summed E-state index contributed by atoms with van der Waals surface area (Å²) < 4.78 is 0. The number of carbonyl (C=O) groups excluding carboxylic acids is 2. The van der Waals surface area contributed by atoms with Crippen LogP contribution in [0.2, 0.25) is 0 Å². The smallest absolute Gasteiger partial charge is 0.327 e. The Balaban J connectivity index is 0. The molecule has 0 aliphatic carbocycles. The molecule has 0 radical (unpaired) electrons. The number of aldehydes is 1. The maximum absolute atomic E-state index is 10.3. The molecule has 0 aliphatic heterocycles. The zero-order chi connectivity index (χ0) is 17.9. The van der Waals surface area contributed by atoms with Gasteiger partial charge in [0.05, 0.1) is 12.6 Å². The summed E-state index contributed by atoms with van der Waals surface area (Å²) in [6, 6.07) is -2.14. The van der Waals surface area contributed by atoms with Gasteiger partial charge in [0.15, 0.2) is 0 Å². The number of amides is 1. The molecule has 0 aliphatic rings. The lowest BCUT2D eigenvalue weighted by atomic mass is 10.0. The van der Waals surface area contributed by atoms with E-state index < -0.39 is 43.0 Å². The summed E-state index contributed by atoms with van der Waals surface area (Å²) in [5.74, 6) is -1.32. The molecule has 0 aromatic carbocycles. The number of hydrogen-bond acceptors (Lipinski definition) is 9. The summed E-state index contributed by atoms with van der Waals surface area (Å²) >= 11 is 3.73. The third-order valence-electron chi connectivity index (χ3n) is 2.34. The van der Waals surface area contributed by atoms with Gasteiger partial charge in [-0.05, 0) is 0 Å². The molecular weight excluding hydrogens is 320 g/mol. The van der Waals surface area contributed by atoms with Gasteiger partial charge in [0.2, 0.25) is 5.91 Å². The van der Waals surface area contributed by atoms with Gasteiger partial charge in [-0.15, -0.1) is 0 Å². The Morgan fingerprint density at radius 2 is 1.77 bits per heavy atom. The van der Waals surface area contributed by atoms with E-state index in [0.29, 0.717) is 0 Å². The van der Waals surface area contributed by atoms with E-state index in [-0.39, 0.29) is 17.9 Å². The van der Waals surface area contributed by atoms with Crippen LogP contribution in [0.1, 0.15) is 6.92 Å². The van der Waals surface area contributed by atoms with Crippen molar-refractivity contribution >= 4 is 30.8 Å². The van der Waals surface area contributed by atoms with Crippen molar-refractivity contribution in [2.75, 3.05) is 12.4 Å². The molecule has 0 saturated carbocycles. The van der Waals surface area contributed by atoms with Gasteiger partial charge >= 0.3 is 5.97 Å². The summed E-state index contributed by atoms with van der Waals surface area (Å²) in [5, 5.41) is 45.7. The Hall–Kier alpha value is -1.24. The van der Waals surface area contributed by atoms with Gasteiger partial charge in [0, 0.05) is 12.7 Å². The third-order valence-corrected chi connectivity index (χ3v) is 2.71. The van der Waals surface area contributed by atoms with Crippen molar-refractivity contribution in [1.82, 2.24) is 5.32 Å². The van der Waals surface area contributed by atoms with E-state index in [1.165, 1.54) is 6.92 Å². The Bertz CT molecular complexity index is 357. The van der Waals surface area contributed by atoms with Gasteiger partial charge in [-0.1, -0.05) is 0 Å². The quantitative estimate of drug-likeness (QED) is 0.161. The van der Waals surface area contributed by atoms with E-state index in [4.69, 9.17) is 31.3 Å². The number of rotatable bonds is 8. The SMILES string of the molecule is CC(=O)N[C@@H](CS)C(=O)O.N[C@@H](C=O)[C@@H](O)[C@H](O)[C@H](O)CO. The van der Waals surface area contributed by atoms with Gasteiger partial charge in [-0.2, -0.15) is 12.6 Å². The van der Waals surface area contributed by atoms with E-state index in [1.54, 1.807) is 0 Å². The van der Waals surface area contributed by atoms with Gasteiger partial charge in [-0.3, -0.25) is 4.79 Å². The highest BCUT2D eigenvalue weighted by Gasteiger charge is 2.28. The van der Waals surface area contributed by atoms with Gasteiger partial charge in [-0.25, -0.2) is 4.79 Å². The second-order valence-electron chi connectivity index (χ2n) is 4.22. The third kappa shape index (κ3) is 9.65. The molecule has 0 saturated heterocycles. The fourth-order valence-corrected chi connectivity index (χ4v) is 1.32. The van der Waals surface area contributed by atoms with E-state index in [9.17, 15) is 14.4 Å². The van der Waals surface area contributed by atoms with E-state index in [1.807, 2.05) is 0 Å². The maximum atomic E-state index is 10.3. The van der Waals surface area contributed by atoms with Crippen LogP contribution in [0.3, 0.4) is 0 Å². The van der Waals surface area contributed by atoms with Gasteiger partial charge < -0.3 is 41.4 Å². The largest absolute Gasteiger partial charge is 0.480 e. The minimum atomic E-state index is -1.62. The number of carbonyl (C=O) groups is 3. The second kappa shape index (κ2) is 12.3. The molecule has 0 fully saturated rings. The van der Waals surface area contributed by atoms with Crippen LogP contribution in [0.4, 0.5) is 0 Å². The van der Waals surface area contributed by atoms with Crippen molar-refractivity contribution in [3.63, 3.8) is 0 Å². The second-order valence-corrected chi connectivity index (χ2v) is 4.58. The van der Waals surface area contributed by atoms with Crippen molar-refractivity contribution in [3.8, 4) is 0 Å². The van der Waals surface area contributed by atoms with Crippen molar-refractivity contribution in [3.05, 3.63) is 0 Å². The monoisotopic (exact) mass is 342 g/mol. The van der Waals surface area contributed by atoms with Crippen molar-refractivity contribution < 1.29 is 39.9 Å². The van der Waals surface area contributed by atoms with Crippen LogP contribution in [0, 0.1) is 0 Å². The first kappa shape index (κ1) is 23.0. The Morgan fingerprint density at radius 3 is 2.00 bits per heavy atom. The molecule has 0 spiro atoms. The average molecular weight is 342 g/mol. The molecule has 0 bridgehead atoms. The first-order valence-electron chi connectivity index (χ1n) is 6.09. The molecule has 10 nitrogen and oxygen atoms in total. The number of hydrogen-bond donors (Lipinski definition) is 8. The summed E-state index contributed by atoms with van der Waals surface area (Å²) in [5.41, 5.74) is 5.04. The molecule has 22 heavy (non-hydrogen) atoms. The average Bonchev–Trinajstić information content (AvgIpc) is 2.49. The van der Waals surface area contributed by atoms with Crippen molar-refractivity contribution in [1.29, 1.82) is 0 Å². The normalized spacial score (nSPS) is 17.0. The standard InChI is InChI=1S/C6H13NO5.C5H9NO3S/c7-3(1-8)5(11)6(12)4(10)2-9;1-3(7)6-4(2-10)5(8)9/h1,3-6,9-12H,2,7H2;4,10H,2H2,1H3,(H,6,7)(H,8,9)/t3-,4+,5+,6+;4-/m00/s1. The predicted molar refractivity (Wildman–Crippen MR) is 78.2 cm³/mol. The van der Waals surface area contributed by atoms with Gasteiger partial charge in [0.1, 0.15) is 30.6 Å². The number of carboxylic acid groups (broad SMARTS) is 1. The Labute approximate surface area is 132 Å². The molecule has 0 unspecified atom stereocenters. The predicted octanol–water partition coefficient (Wildman–Crippen LogP) is -3.91. The molecular formula is C11H22N2O8S. The molecule has 1 amide bonds. The summed E-state index contributed by atoms with van der Waals surface area (Å²) in [6.07, 6.45) is -4.43. The number of carboxylic acids is 1. The lowest BCUT2D eigenvalue weighted by Crippen LogP contribution is -2.49. The first-order chi connectivity index (χ1) is 10.1. The molecule has 0 aromatic heterocycles. The minimum absolute atomic E-state index is 0.106. The Morgan fingerprint density at radius 1 is 1.27 bits per heavy atom. The zero-order valence-electron chi connectivity index (χ0n) is 11.9. The number of thiol groups is 1. The number of nitrogens with one attached hydrogen (secondary N) is 1. The number of aliphatic carboxylic acids is 1. The van der Waals surface area contributed by atoms with Crippen LogP contribution >= 0.6 is 12.6 Å². The molecule has 130 valence electrons. The molecule has 5 atom stereocenters. The van der Waals surface area contributed by atoms with Crippen molar-refractivity contribution in [2.45, 2.75) is 37.3 Å². The molecule has 8 N–H and O–H groups in total. The maximum Gasteiger partial charge on any atom is 0.327 e. The van der Waals surface area contributed by atoms with Crippen LogP contribution < -0.4 is 11.1 Å². The molecule has 0 heterocycles. The lowest BCUT2D eigenvalue weighted by Gasteiger charge is -2.23. The highest BCUT2D eigenvalue weighted by atomic mass is 32.1. The summed E-state index contributed by atoms with van der Waals surface area (Å²) in [6.45, 7) is 0.559. The fraction of sp³-hybridized carbons (Fsp3) is 0.727. The number of aliphatic hydroxyl groups excluding tert-OH is 4. The van der Waals surface area contributed by atoms with Crippen LogP contribution in [0.25, 0.3) is 0 Å². The molecule has 0 aromatic rings. The zero-order valence-corrected chi connectivity index (χ0v) is 12.8. The summed E-state index contributed by atoms with van der Waals surface area (Å²) in [4.78, 5) is 30.5. The van der Waals surface area contributed by atoms with E-state index >= 15 is 0 Å². The number of aliphatic hydroxyl groups is 4. The van der Waals surface area contributed by atoms with Crippen LogP contribution in [-0.4, -0.2) is 86.5 Å². The Kier molecular flexibility index (Phi) is 12.9.